The second-order valence-electron chi connectivity index (χ2n) is 8.76. The number of ether oxygens (including phenoxy) is 2. The Kier molecular flexibility index (Phi) is 8.30. The van der Waals surface area contributed by atoms with Crippen LogP contribution in [-0.2, 0) is 14.3 Å². The summed E-state index contributed by atoms with van der Waals surface area (Å²) in [4.78, 5) is 28.7. The first-order valence-corrected chi connectivity index (χ1v) is 11.0. The van der Waals surface area contributed by atoms with E-state index in [1.165, 1.54) is 18.4 Å². The minimum Gasteiger partial charge on any atom is -0.465 e. The van der Waals surface area contributed by atoms with Gasteiger partial charge < -0.3 is 14.4 Å². The number of rotatable bonds is 6. The average Bonchev–Trinajstić information content (AvgIpc) is 3.10. The number of amides is 1. The molecule has 1 aromatic heterocycles. The Morgan fingerprint density at radius 1 is 1.21 bits per heavy atom. The van der Waals surface area contributed by atoms with Crippen molar-refractivity contribution in [3.63, 3.8) is 0 Å². The number of hydrogen-bond acceptors (Lipinski definition) is 5. The van der Waals surface area contributed by atoms with E-state index in [-0.39, 0.29) is 17.2 Å². The Bertz CT molecular complexity index is 773. The highest BCUT2D eigenvalue weighted by Gasteiger charge is 2.32. The summed E-state index contributed by atoms with van der Waals surface area (Å²) in [6, 6.07) is 1.84. The molecule has 0 bridgehead atoms. The van der Waals surface area contributed by atoms with Crippen molar-refractivity contribution in [2.45, 2.75) is 53.4 Å². The van der Waals surface area contributed by atoms with E-state index in [4.69, 9.17) is 9.47 Å². The lowest BCUT2D eigenvalue weighted by Crippen LogP contribution is -2.40. The van der Waals surface area contributed by atoms with E-state index in [1.54, 1.807) is 12.0 Å². The molecule has 160 valence electrons. The van der Waals surface area contributed by atoms with Crippen molar-refractivity contribution in [2.24, 2.45) is 17.3 Å². The minimum atomic E-state index is -0.443. The summed E-state index contributed by atoms with van der Waals surface area (Å²) < 4.78 is 10.2. The Hall–Kier alpha value is -1.84. The first-order chi connectivity index (χ1) is 13.7. The maximum atomic E-state index is 13.4. The zero-order valence-electron chi connectivity index (χ0n) is 18.5. The lowest BCUT2D eigenvalue weighted by molar-refractivity contribution is -0.123. The number of hydrogen-bond donors (Lipinski definition) is 0. The Morgan fingerprint density at radius 3 is 2.41 bits per heavy atom. The fourth-order valence-corrected chi connectivity index (χ4v) is 4.32. The molecule has 0 saturated heterocycles. The molecule has 1 aromatic rings. The lowest BCUT2D eigenvalue weighted by Gasteiger charge is -2.31. The first kappa shape index (κ1) is 23.4. The molecule has 2 rings (SSSR count). The Labute approximate surface area is 178 Å². The standard InChI is InChI=1S/C23H33NO4S/c1-16-7-9-17(10-8-16)21(25)24(13-14-27-5)19-15-18(11-12-23(2,3)4)29-20(19)22(26)28-6/h15-17H,7-10,13-14H2,1-6H3. The highest BCUT2D eigenvalue weighted by molar-refractivity contribution is 7.15. The number of thiophene rings is 1. The molecule has 0 radical (unpaired) electrons. The van der Waals surface area contributed by atoms with Gasteiger partial charge in [-0.2, -0.15) is 0 Å². The van der Waals surface area contributed by atoms with Gasteiger partial charge in [0.2, 0.25) is 5.91 Å². The van der Waals surface area contributed by atoms with Crippen LogP contribution in [0.1, 0.15) is 67.9 Å². The molecule has 0 N–H and O–H groups in total. The van der Waals surface area contributed by atoms with Crippen LogP contribution in [0.2, 0.25) is 0 Å². The summed E-state index contributed by atoms with van der Waals surface area (Å²) >= 11 is 1.28. The third-order valence-electron chi connectivity index (χ3n) is 5.08. The van der Waals surface area contributed by atoms with Crippen molar-refractivity contribution in [1.29, 1.82) is 0 Å². The van der Waals surface area contributed by atoms with E-state index in [2.05, 4.69) is 18.8 Å². The maximum Gasteiger partial charge on any atom is 0.350 e. The van der Waals surface area contributed by atoms with Crippen molar-refractivity contribution in [2.75, 3.05) is 32.3 Å². The van der Waals surface area contributed by atoms with Gasteiger partial charge in [-0.15, -0.1) is 11.3 Å². The minimum absolute atomic E-state index is 0.0161. The van der Waals surface area contributed by atoms with Gasteiger partial charge in [0.25, 0.3) is 0 Å². The summed E-state index contributed by atoms with van der Waals surface area (Å²) in [5.41, 5.74) is 0.431. The van der Waals surface area contributed by atoms with E-state index in [1.807, 2.05) is 26.8 Å². The van der Waals surface area contributed by atoms with Gasteiger partial charge in [0.05, 0.1) is 24.3 Å². The second-order valence-corrected chi connectivity index (χ2v) is 9.81. The van der Waals surface area contributed by atoms with Crippen molar-refractivity contribution in [3.8, 4) is 11.8 Å². The molecule has 0 aromatic carbocycles. The number of methoxy groups -OCH3 is 2. The zero-order valence-corrected chi connectivity index (χ0v) is 19.3. The van der Waals surface area contributed by atoms with Crippen molar-refractivity contribution >= 4 is 28.9 Å². The van der Waals surface area contributed by atoms with E-state index < -0.39 is 5.97 Å². The molecule has 1 fully saturated rings. The van der Waals surface area contributed by atoms with Crippen LogP contribution in [0.5, 0.6) is 0 Å². The predicted molar refractivity (Wildman–Crippen MR) is 117 cm³/mol. The van der Waals surface area contributed by atoms with E-state index in [0.717, 1.165) is 30.6 Å². The summed E-state index contributed by atoms with van der Waals surface area (Å²) in [6.45, 7) is 9.14. The van der Waals surface area contributed by atoms with Crippen molar-refractivity contribution < 1.29 is 19.1 Å². The molecular formula is C23H33NO4S. The van der Waals surface area contributed by atoms with Gasteiger partial charge in [-0.25, -0.2) is 4.79 Å². The molecule has 0 aliphatic heterocycles. The van der Waals surface area contributed by atoms with Gasteiger partial charge in [0.1, 0.15) is 4.88 Å². The van der Waals surface area contributed by atoms with Crippen LogP contribution in [0.25, 0.3) is 0 Å². The third-order valence-corrected chi connectivity index (χ3v) is 6.10. The Balaban J connectivity index is 2.41. The molecule has 6 heteroatoms. The third kappa shape index (κ3) is 6.58. The summed E-state index contributed by atoms with van der Waals surface area (Å²) in [6.07, 6.45) is 3.89. The van der Waals surface area contributed by atoms with Gasteiger partial charge in [-0.3, -0.25) is 4.79 Å². The van der Waals surface area contributed by atoms with Crippen LogP contribution in [0, 0.1) is 29.1 Å². The Morgan fingerprint density at radius 2 is 1.86 bits per heavy atom. The van der Waals surface area contributed by atoms with E-state index >= 15 is 0 Å². The molecule has 29 heavy (non-hydrogen) atoms. The number of nitrogens with zero attached hydrogens (tertiary/aromatic N) is 1. The quantitative estimate of drug-likeness (QED) is 0.494. The predicted octanol–water partition coefficient (Wildman–Crippen LogP) is 4.74. The normalized spacial score (nSPS) is 19.2. The highest BCUT2D eigenvalue weighted by Crippen LogP contribution is 2.35. The molecule has 0 atom stereocenters. The lowest BCUT2D eigenvalue weighted by atomic mass is 9.82. The van der Waals surface area contributed by atoms with Crippen LogP contribution in [-0.4, -0.2) is 39.2 Å². The number of anilines is 1. The fraction of sp³-hybridized carbons (Fsp3) is 0.652. The number of esters is 1. The smallest absolute Gasteiger partial charge is 0.350 e. The van der Waals surface area contributed by atoms with Gasteiger partial charge in [-0.05, 0) is 58.4 Å². The van der Waals surface area contributed by atoms with Crippen LogP contribution in [0.15, 0.2) is 6.07 Å². The highest BCUT2D eigenvalue weighted by atomic mass is 32.1. The van der Waals surface area contributed by atoms with E-state index in [0.29, 0.717) is 29.6 Å². The summed E-state index contributed by atoms with van der Waals surface area (Å²) in [7, 11) is 2.97. The van der Waals surface area contributed by atoms with Crippen LogP contribution >= 0.6 is 11.3 Å². The largest absolute Gasteiger partial charge is 0.465 e. The monoisotopic (exact) mass is 419 g/mol. The first-order valence-electron chi connectivity index (χ1n) is 10.2. The summed E-state index contributed by atoms with van der Waals surface area (Å²) in [5.74, 6) is 6.61. The van der Waals surface area contributed by atoms with Gasteiger partial charge in [0.15, 0.2) is 0 Å². The molecule has 0 unspecified atom stereocenters. The molecule has 1 amide bonds. The van der Waals surface area contributed by atoms with Gasteiger partial charge >= 0.3 is 5.97 Å². The number of carbonyl (C=O) groups excluding carboxylic acids is 2. The SMILES string of the molecule is COCCN(C(=O)C1CCC(C)CC1)c1cc(C#CC(C)(C)C)sc1C(=O)OC. The zero-order chi connectivity index (χ0) is 21.6. The second kappa shape index (κ2) is 10.3. The molecular weight excluding hydrogens is 386 g/mol. The van der Waals surface area contributed by atoms with E-state index in [9.17, 15) is 9.59 Å². The van der Waals surface area contributed by atoms with Crippen molar-refractivity contribution in [3.05, 3.63) is 15.8 Å². The van der Waals surface area contributed by atoms with Gasteiger partial charge in [-0.1, -0.05) is 18.8 Å². The van der Waals surface area contributed by atoms with Crippen LogP contribution < -0.4 is 4.90 Å². The fourth-order valence-electron chi connectivity index (χ4n) is 3.39. The van der Waals surface area contributed by atoms with Crippen molar-refractivity contribution in [1.82, 2.24) is 0 Å². The molecule has 0 spiro atoms. The average molecular weight is 420 g/mol. The summed E-state index contributed by atoms with van der Waals surface area (Å²) in [5, 5.41) is 0. The van der Waals surface area contributed by atoms with Gasteiger partial charge in [0, 0.05) is 25.0 Å². The topological polar surface area (TPSA) is 55.8 Å². The molecule has 1 aliphatic carbocycles. The molecule has 5 nitrogen and oxygen atoms in total. The van der Waals surface area contributed by atoms with Crippen LogP contribution in [0.3, 0.4) is 0 Å². The van der Waals surface area contributed by atoms with Crippen LogP contribution in [0.4, 0.5) is 5.69 Å². The molecule has 1 heterocycles. The number of carbonyl (C=O) groups is 2. The molecule has 1 saturated carbocycles. The maximum absolute atomic E-state index is 13.4. The molecule has 1 aliphatic rings.